The maximum atomic E-state index is 11.1. The van der Waals surface area contributed by atoms with Gasteiger partial charge in [-0.3, -0.25) is 0 Å². The molecule has 0 aromatic heterocycles. The van der Waals surface area contributed by atoms with E-state index in [1.54, 1.807) is 0 Å². The highest BCUT2D eigenvalue weighted by Gasteiger charge is 2.61. The Bertz CT molecular complexity index is 281. The van der Waals surface area contributed by atoms with Gasteiger partial charge in [0.15, 0.2) is 0 Å². The predicted octanol–water partition coefficient (Wildman–Crippen LogP) is 3.50. The third-order valence-corrected chi connectivity index (χ3v) is 4.79. The molecule has 2 unspecified atom stereocenters. The Labute approximate surface area is 85.4 Å². The molecular formula is C12H19NO. The van der Waals surface area contributed by atoms with Gasteiger partial charge < -0.3 is 0 Å². The normalized spacial score (nSPS) is 60.3. The Morgan fingerprint density at radius 3 is 2.00 bits per heavy atom. The molecule has 4 fully saturated rings. The molecule has 4 aliphatic rings. The zero-order valence-electron chi connectivity index (χ0n) is 9.18. The average Bonchev–Trinajstić information content (AvgIpc) is 1.97. The monoisotopic (exact) mass is 193 g/mol. The Morgan fingerprint density at radius 2 is 1.57 bits per heavy atom. The van der Waals surface area contributed by atoms with Gasteiger partial charge in [0, 0.05) is 0 Å². The lowest BCUT2D eigenvalue weighted by Gasteiger charge is -2.62. The topological polar surface area (TPSA) is 29.4 Å². The SMILES string of the molecule is C[C@]12CC3CC(N=O)(C1)C[C@@](C)(C3)C2. The number of hydrogen-bond acceptors (Lipinski definition) is 2. The molecule has 0 amide bonds. The molecular weight excluding hydrogens is 174 g/mol. The fourth-order valence-corrected chi connectivity index (χ4v) is 5.49. The van der Waals surface area contributed by atoms with Crippen LogP contribution in [0.1, 0.15) is 52.4 Å². The molecule has 0 aromatic carbocycles. The second-order valence-electron chi connectivity index (χ2n) is 6.95. The molecule has 2 nitrogen and oxygen atoms in total. The van der Waals surface area contributed by atoms with Gasteiger partial charge in [-0.2, -0.15) is 4.91 Å². The van der Waals surface area contributed by atoms with E-state index < -0.39 is 0 Å². The Morgan fingerprint density at radius 1 is 1.00 bits per heavy atom. The quantitative estimate of drug-likeness (QED) is 0.586. The number of hydrogen-bond donors (Lipinski definition) is 0. The molecule has 0 N–H and O–H groups in total. The third-order valence-electron chi connectivity index (χ3n) is 4.79. The van der Waals surface area contributed by atoms with Gasteiger partial charge in [0.1, 0.15) is 5.54 Å². The van der Waals surface area contributed by atoms with E-state index in [0.717, 1.165) is 25.2 Å². The van der Waals surface area contributed by atoms with Crippen molar-refractivity contribution in [2.45, 2.75) is 57.9 Å². The zero-order valence-corrected chi connectivity index (χ0v) is 9.18. The van der Waals surface area contributed by atoms with Crippen molar-refractivity contribution in [3.63, 3.8) is 0 Å². The molecule has 0 aliphatic heterocycles. The second-order valence-corrected chi connectivity index (χ2v) is 6.95. The van der Waals surface area contributed by atoms with Crippen LogP contribution in [0.15, 0.2) is 5.18 Å². The summed E-state index contributed by atoms with van der Waals surface area (Å²) in [5.41, 5.74) is 0.701. The lowest BCUT2D eigenvalue weighted by molar-refractivity contribution is -0.104. The molecule has 2 heteroatoms. The van der Waals surface area contributed by atoms with Crippen molar-refractivity contribution in [3.05, 3.63) is 4.91 Å². The summed E-state index contributed by atoms with van der Waals surface area (Å²) in [5.74, 6) is 0.791. The highest BCUT2D eigenvalue weighted by Crippen LogP contribution is 2.67. The summed E-state index contributed by atoms with van der Waals surface area (Å²) in [6.07, 6.45) is 7.24. The Kier molecular flexibility index (Phi) is 1.41. The molecule has 4 aliphatic carbocycles. The van der Waals surface area contributed by atoms with Gasteiger partial charge in [0.2, 0.25) is 0 Å². The van der Waals surface area contributed by atoms with Crippen molar-refractivity contribution in [1.29, 1.82) is 0 Å². The van der Waals surface area contributed by atoms with Crippen molar-refractivity contribution in [2.24, 2.45) is 21.9 Å². The minimum Gasteiger partial charge on any atom is -0.150 e. The Balaban J connectivity index is 2.05. The van der Waals surface area contributed by atoms with Gasteiger partial charge in [0.25, 0.3) is 0 Å². The van der Waals surface area contributed by atoms with Crippen LogP contribution < -0.4 is 0 Å². The van der Waals surface area contributed by atoms with Crippen molar-refractivity contribution >= 4 is 0 Å². The first-order chi connectivity index (χ1) is 6.47. The van der Waals surface area contributed by atoms with E-state index >= 15 is 0 Å². The predicted molar refractivity (Wildman–Crippen MR) is 55.9 cm³/mol. The van der Waals surface area contributed by atoms with Crippen LogP contribution in [0.4, 0.5) is 0 Å². The minimum atomic E-state index is -0.164. The van der Waals surface area contributed by atoms with Gasteiger partial charge in [-0.1, -0.05) is 19.0 Å². The maximum Gasteiger partial charge on any atom is 0.104 e. The molecule has 4 atom stereocenters. The van der Waals surface area contributed by atoms with E-state index in [4.69, 9.17) is 0 Å². The molecule has 4 saturated carbocycles. The van der Waals surface area contributed by atoms with Crippen LogP contribution in [0.3, 0.4) is 0 Å². The van der Waals surface area contributed by atoms with Crippen LogP contribution in [0.5, 0.6) is 0 Å². The van der Waals surface area contributed by atoms with Gasteiger partial charge >= 0.3 is 0 Å². The fourth-order valence-electron chi connectivity index (χ4n) is 5.49. The lowest BCUT2D eigenvalue weighted by atomic mass is 9.43. The van der Waals surface area contributed by atoms with Crippen LogP contribution in [0.2, 0.25) is 0 Å². The van der Waals surface area contributed by atoms with Gasteiger partial charge in [-0.05, 0) is 55.3 Å². The van der Waals surface area contributed by atoms with Crippen LogP contribution >= 0.6 is 0 Å². The molecule has 4 rings (SSSR count). The van der Waals surface area contributed by atoms with E-state index in [9.17, 15) is 4.91 Å². The van der Waals surface area contributed by atoms with E-state index in [0.29, 0.717) is 10.8 Å². The summed E-state index contributed by atoms with van der Waals surface area (Å²) in [7, 11) is 0. The first-order valence-electron chi connectivity index (χ1n) is 5.81. The Hall–Kier alpha value is -0.400. The van der Waals surface area contributed by atoms with E-state index in [2.05, 4.69) is 19.0 Å². The van der Waals surface area contributed by atoms with Crippen molar-refractivity contribution in [2.75, 3.05) is 0 Å². The minimum absolute atomic E-state index is 0.164. The standard InChI is InChI=1S/C12H19NO/c1-10-3-9-4-11(2,6-10)8-12(5-9,7-10)13-14/h9H,3-8H2,1-2H3/t9?,10-,11+,12?. The summed E-state index contributed by atoms with van der Waals surface area (Å²) in [6.45, 7) is 4.74. The largest absolute Gasteiger partial charge is 0.150 e. The number of nitroso groups, excluding NO2 is 1. The van der Waals surface area contributed by atoms with Crippen LogP contribution in [0, 0.1) is 21.7 Å². The first kappa shape index (κ1) is 8.87. The summed E-state index contributed by atoms with van der Waals surface area (Å²) in [4.78, 5) is 11.1. The van der Waals surface area contributed by atoms with Gasteiger partial charge in [-0.25, -0.2) is 0 Å². The summed E-state index contributed by atoms with van der Waals surface area (Å²) in [6, 6.07) is 0. The summed E-state index contributed by atoms with van der Waals surface area (Å²) >= 11 is 0. The number of nitrogens with zero attached hydrogens (tertiary/aromatic N) is 1. The number of rotatable bonds is 1. The van der Waals surface area contributed by atoms with Crippen LogP contribution in [-0.2, 0) is 0 Å². The molecule has 78 valence electrons. The first-order valence-corrected chi connectivity index (χ1v) is 5.81. The van der Waals surface area contributed by atoms with Gasteiger partial charge in [-0.15, -0.1) is 0 Å². The second kappa shape index (κ2) is 2.23. The molecule has 0 radical (unpaired) electrons. The molecule has 4 bridgehead atoms. The van der Waals surface area contributed by atoms with Crippen molar-refractivity contribution in [1.82, 2.24) is 0 Å². The highest BCUT2D eigenvalue weighted by atomic mass is 16.3. The summed E-state index contributed by atoms with van der Waals surface area (Å²) < 4.78 is 0. The summed E-state index contributed by atoms with van der Waals surface area (Å²) in [5, 5.41) is 3.52. The molecule has 0 spiro atoms. The van der Waals surface area contributed by atoms with Crippen molar-refractivity contribution in [3.8, 4) is 0 Å². The highest BCUT2D eigenvalue weighted by molar-refractivity contribution is 5.14. The fraction of sp³-hybridized carbons (Fsp3) is 1.00. The molecule has 0 saturated heterocycles. The van der Waals surface area contributed by atoms with Crippen molar-refractivity contribution < 1.29 is 0 Å². The average molecular weight is 193 g/mol. The van der Waals surface area contributed by atoms with E-state index in [1.165, 1.54) is 19.3 Å². The maximum absolute atomic E-state index is 11.1. The molecule has 14 heavy (non-hydrogen) atoms. The smallest absolute Gasteiger partial charge is 0.104 e. The lowest BCUT2D eigenvalue weighted by Crippen LogP contribution is -2.57. The van der Waals surface area contributed by atoms with Crippen LogP contribution in [-0.4, -0.2) is 5.54 Å². The van der Waals surface area contributed by atoms with Crippen LogP contribution in [0.25, 0.3) is 0 Å². The third kappa shape index (κ3) is 1.03. The zero-order chi connectivity index (χ0) is 10.0. The molecule has 0 heterocycles. The molecule has 0 aromatic rings. The van der Waals surface area contributed by atoms with E-state index in [1.807, 2.05) is 0 Å². The van der Waals surface area contributed by atoms with E-state index in [-0.39, 0.29) is 5.54 Å². The van der Waals surface area contributed by atoms with Gasteiger partial charge in [0.05, 0.1) is 0 Å².